The third kappa shape index (κ3) is 5.25. The molecule has 0 saturated carbocycles. The molecule has 1 saturated heterocycles. The number of anilines is 1. The van der Waals surface area contributed by atoms with Crippen LogP contribution in [0.1, 0.15) is 49.8 Å². The van der Waals surface area contributed by atoms with Crippen molar-refractivity contribution in [2.75, 3.05) is 31.1 Å². The van der Waals surface area contributed by atoms with Crippen molar-refractivity contribution in [2.24, 2.45) is 15.9 Å². The fourth-order valence-electron chi connectivity index (χ4n) is 4.22. The van der Waals surface area contributed by atoms with E-state index in [-0.39, 0.29) is 5.92 Å². The topological polar surface area (TPSA) is 55.2 Å². The lowest BCUT2D eigenvalue weighted by molar-refractivity contribution is 0.179. The van der Waals surface area contributed by atoms with Crippen molar-refractivity contribution in [1.82, 2.24) is 0 Å². The van der Waals surface area contributed by atoms with Gasteiger partial charge in [-0.2, -0.15) is 0 Å². The van der Waals surface area contributed by atoms with Crippen LogP contribution in [-0.2, 0) is 15.0 Å². The summed E-state index contributed by atoms with van der Waals surface area (Å²) in [6, 6.07) is 10.9. The largest absolute Gasteiger partial charge is 0.498 e. The number of allylic oxidation sites excluding steroid dienone is 1. The first-order chi connectivity index (χ1) is 15.5. The van der Waals surface area contributed by atoms with Crippen LogP contribution in [0.3, 0.4) is 0 Å². The Kier molecular flexibility index (Phi) is 8.51. The second-order valence-electron chi connectivity index (χ2n) is 8.14. The molecule has 2 aromatic rings. The molecule has 1 fully saturated rings. The number of halogens is 1. The lowest BCUT2D eigenvalue weighted by atomic mass is 9.84. The molecule has 1 aromatic carbocycles. The van der Waals surface area contributed by atoms with Gasteiger partial charge in [0.2, 0.25) is 0 Å². The maximum absolute atomic E-state index is 5.89. The quantitative estimate of drug-likeness (QED) is 0.142. The number of benzene rings is 1. The molecule has 0 radical (unpaired) electrons. The monoisotopic (exact) mass is 473 g/mol. The highest BCUT2D eigenvalue weighted by Gasteiger charge is 2.37. The van der Waals surface area contributed by atoms with Crippen molar-refractivity contribution in [3.05, 3.63) is 64.7 Å². The van der Waals surface area contributed by atoms with E-state index >= 15 is 0 Å². The van der Waals surface area contributed by atoms with Gasteiger partial charge in [-0.25, -0.2) is 4.99 Å². The van der Waals surface area contributed by atoms with E-state index in [1.54, 1.807) is 11.3 Å². The average molecular weight is 474 g/mol. The van der Waals surface area contributed by atoms with Crippen LogP contribution >= 0.6 is 22.9 Å². The lowest BCUT2D eigenvalue weighted by Crippen LogP contribution is -2.26. The van der Waals surface area contributed by atoms with Crippen molar-refractivity contribution >= 4 is 40.5 Å². The molecule has 3 rings (SSSR count). The summed E-state index contributed by atoms with van der Waals surface area (Å²) in [7, 11) is 0. The zero-order valence-electron chi connectivity index (χ0n) is 19.1. The second-order valence-corrected chi connectivity index (χ2v) is 9.33. The second kappa shape index (κ2) is 11.1. The van der Waals surface area contributed by atoms with Crippen LogP contribution in [0.4, 0.5) is 5.00 Å². The van der Waals surface area contributed by atoms with Crippen LogP contribution in [0.15, 0.2) is 58.0 Å². The molecule has 2 heterocycles. The molecule has 2 unspecified atom stereocenters. The summed E-state index contributed by atoms with van der Waals surface area (Å²) in [4.78, 5) is 9.36. The third-order valence-corrected chi connectivity index (χ3v) is 6.76. The van der Waals surface area contributed by atoms with Gasteiger partial charge in [-0.1, -0.05) is 44.7 Å². The van der Waals surface area contributed by atoms with Crippen molar-refractivity contribution in [3.8, 4) is 0 Å². The number of hydrogen-bond donors (Lipinski definition) is 1. The Hall–Kier alpha value is -2.15. The Labute approximate surface area is 200 Å². The minimum absolute atomic E-state index is 0.142. The Morgan fingerprint density at radius 2 is 2.06 bits per heavy atom. The first kappa shape index (κ1) is 24.5. The number of amidine groups is 1. The van der Waals surface area contributed by atoms with E-state index in [4.69, 9.17) is 26.1 Å². The van der Waals surface area contributed by atoms with Crippen LogP contribution < -0.4 is 5.32 Å². The highest BCUT2D eigenvalue weighted by Crippen LogP contribution is 2.38. The van der Waals surface area contributed by atoms with Crippen LogP contribution in [0.25, 0.3) is 0 Å². The summed E-state index contributed by atoms with van der Waals surface area (Å²) in [6.45, 7) is 16.1. The predicted octanol–water partition coefficient (Wildman–Crippen LogP) is 6.41. The van der Waals surface area contributed by atoms with Crippen LogP contribution in [-0.4, -0.2) is 38.4 Å². The molecular weight excluding hydrogens is 442 g/mol. The van der Waals surface area contributed by atoms with Gasteiger partial charge in [0.15, 0.2) is 5.84 Å². The Balaban J connectivity index is 1.97. The van der Waals surface area contributed by atoms with Crippen LogP contribution in [0.5, 0.6) is 0 Å². The number of hydrogen-bond acceptors (Lipinski definition) is 5. The van der Waals surface area contributed by atoms with Crippen LogP contribution in [0, 0.1) is 5.92 Å². The standard InChI is InChI=1S/C25H32ClN3O2S/c1-6-31-18(4)22(17(2)3)19-7-9-20(10-8-19)25(12-13-30-15-25)29-23(27-5)21-11-14-32-24(21)28-16-26/h7-11,14,17,22,28H,4-6,12-13,15-16H2,1-3H3. The molecule has 1 aliphatic heterocycles. The lowest BCUT2D eigenvalue weighted by Gasteiger charge is -2.27. The predicted molar refractivity (Wildman–Crippen MR) is 137 cm³/mol. The Morgan fingerprint density at radius 3 is 2.62 bits per heavy atom. The zero-order valence-corrected chi connectivity index (χ0v) is 20.6. The number of thiophene rings is 1. The zero-order chi connectivity index (χ0) is 23.1. The molecule has 1 aliphatic rings. The van der Waals surface area contributed by atoms with Crippen molar-refractivity contribution in [3.63, 3.8) is 0 Å². The van der Waals surface area contributed by atoms with Gasteiger partial charge >= 0.3 is 0 Å². The minimum atomic E-state index is -0.501. The van der Waals surface area contributed by atoms with Crippen LogP contribution in [0.2, 0.25) is 0 Å². The van der Waals surface area contributed by atoms with E-state index in [0.717, 1.165) is 28.3 Å². The SMILES string of the molecule is C=NC(=NC1(c2ccc(C(C(=C)OCC)C(C)C)cc2)CCOC1)c1ccsc1NCCl. The normalized spacial score (nSPS) is 19.7. The number of aliphatic imine (C=N–C) groups is 2. The van der Waals surface area contributed by atoms with E-state index in [9.17, 15) is 0 Å². The molecule has 0 amide bonds. The van der Waals surface area contributed by atoms with Gasteiger partial charge in [0.25, 0.3) is 0 Å². The number of alkyl halides is 1. The van der Waals surface area contributed by atoms with E-state index in [1.807, 2.05) is 18.4 Å². The van der Waals surface area contributed by atoms with Gasteiger partial charge in [0, 0.05) is 18.9 Å². The first-order valence-electron chi connectivity index (χ1n) is 10.9. The fourth-order valence-corrected chi connectivity index (χ4v) is 5.21. The summed E-state index contributed by atoms with van der Waals surface area (Å²) in [5.41, 5.74) is 2.70. The van der Waals surface area contributed by atoms with E-state index in [0.29, 0.717) is 37.6 Å². The molecule has 32 heavy (non-hydrogen) atoms. The van der Waals surface area contributed by atoms with Gasteiger partial charge < -0.3 is 14.8 Å². The molecule has 5 nitrogen and oxygen atoms in total. The number of ether oxygens (including phenoxy) is 2. The summed E-state index contributed by atoms with van der Waals surface area (Å²) in [5.74, 6) is 1.92. The molecule has 7 heteroatoms. The van der Waals surface area contributed by atoms with E-state index in [1.165, 1.54) is 5.56 Å². The number of rotatable bonds is 10. The number of nitrogens with zero attached hydrogens (tertiary/aromatic N) is 2. The smallest absolute Gasteiger partial charge is 0.157 e. The number of nitrogens with one attached hydrogen (secondary N) is 1. The summed E-state index contributed by atoms with van der Waals surface area (Å²) >= 11 is 7.45. The van der Waals surface area contributed by atoms with Gasteiger partial charge in [0.05, 0.1) is 30.5 Å². The molecule has 2 atom stereocenters. The maximum Gasteiger partial charge on any atom is 0.157 e. The van der Waals surface area contributed by atoms with Gasteiger partial charge in [0.1, 0.15) is 10.5 Å². The molecular formula is C25H32ClN3O2S. The minimum Gasteiger partial charge on any atom is -0.498 e. The summed E-state index contributed by atoms with van der Waals surface area (Å²) < 4.78 is 11.5. The molecule has 0 bridgehead atoms. The molecule has 0 spiro atoms. The van der Waals surface area contributed by atoms with E-state index < -0.39 is 5.54 Å². The van der Waals surface area contributed by atoms with Crippen molar-refractivity contribution < 1.29 is 9.47 Å². The third-order valence-electron chi connectivity index (χ3n) is 5.75. The first-order valence-corrected chi connectivity index (χ1v) is 12.3. The Morgan fingerprint density at radius 1 is 1.31 bits per heavy atom. The highest BCUT2D eigenvalue weighted by atomic mass is 35.5. The van der Waals surface area contributed by atoms with Gasteiger partial charge in [-0.15, -0.1) is 22.9 Å². The van der Waals surface area contributed by atoms with E-state index in [2.05, 4.69) is 61.7 Å². The van der Waals surface area contributed by atoms with Gasteiger partial charge in [-0.3, -0.25) is 4.99 Å². The summed E-state index contributed by atoms with van der Waals surface area (Å²) in [5, 5.41) is 6.09. The fraction of sp³-hybridized carbons (Fsp3) is 0.440. The summed E-state index contributed by atoms with van der Waals surface area (Å²) in [6.07, 6.45) is 0.785. The average Bonchev–Trinajstić information content (AvgIpc) is 3.43. The maximum atomic E-state index is 5.89. The van der Waals surface area contributed by atoms with Crippen molar-refractivity contribution in [1.29, 1.82) is 0 Å². The molecule has 172 valence electrons. The van der Waals surface area contributed by atoms with Gasteiger partial charge in [-0.05, 0) is 42.1 Å². The molecule has 0 aliphatic carbocycles. The highest BCUT2D eigenvalue weighted by molar-refractivity contribution is 7.14. The Bertz CT molecular complexity index is 946. The molecule has 1 aromatic heterocycles. The molecule has 1 N–H and O–H groups in total. The van der Waals surface area contributed by atoms with Crippen molar-refractivity contribution in [2.45, 2.75) is 38.6 Å².